The summed E-state index contributed by atoms with van der Waals surface area (Å²) in [5, 5.41) is 12.2. The summed E-state index contributed by atoms with van der Waals surface area (Å²) in [7, 11) is 0. The second kappa shape index (κ2) is 6.02. The van der Waals surface area contributed by atoms with Crippen molar-refractivity contribution >= 4 is 0 Å². The first-order valence-corrected chi connectivity index (χ1v) is 7.48. The summed E-state index contributed by atoms with van der Waals surface area (Å²) in [5.74, 6) is -0.597. The quantitative estimate of drug-likeness (QED) is 0.919. The van der Waals surface area contributed by atoms with E-state index < -0.39 is 11.9 Å². The Kier molecular flexibility index (Phi) is 4.28. The van der Waals surface area contributed by atoms with Gasteiger partial charge in [-0.15, -0.1) is 0 Å². The van der Waals surface area contributed by atoms with Crippen molar-refractivity contribution in [2.75, 3.05) is 13.2 Å². The average Bonchev–Trinajstić information content (AvgIpc) is 2.80. The van der Waals surface area contributed by atoms with Crippen LogP contribution < -0.4 is 0 Å². The van der Waals surface area contributed by atoms with Crippen molar-refractivity contribution in [2.45, 2.75) is 50.8 Å². The van der Waals surface area contributed by atoms with Crippen molar-refractivity contribution < 1.29 is 19.4 Å². The monoisotopic (exact) mass is 293 g/mol. The Morgan fingerprint density at radius 3 is 2.71 bits per heavy atom. The fourth-order valence-electron chi connectivity index (χ4n) is 2.97. The number of aliphatic hydroxyl groups is 1. The van der Waals surface area contributed by atoms with Gasteiger partial charge in [-0.1, -0.05) is 30.3 Å². The number of rotatable bonds is 3. The zero-order valence-corrected chi connectivity index (χ0v) is 12.6. The summed E-state index contributed by atoms with van der Waals surface area (Å²) in [4.78, 5) is 5.78. The molecule has 0 unspecified atom stereocenters. The van der Waals surface area contributed by atoms with Crippen LogP contribution in [0, 0.1) is 0 Å². The molecule has 1 aromatic carbocycles. The Hall–Kier alpha value is -0.980. The van der Waals surface area contributed by atoms with Gasteiger partial charge in [0.2, 0.25) is 0 Å². The van der Waals surface area contributed by atoms with Crippen LogP contribution in [0.5, 0.6) is 0 Å². The molecule has 0 bridgehead atoms. The molecule has 0 spiro atoms. The Bertz CT molecular complexity index is 465. The van der Waals surface area contributed by atoms with Crippen molar-refractivity contribution in [3.05, 3.63) is 35.9 Å². The van der Waals surface area contributed by atoms with Crippen molar-refractivity contribution in [1.29, 1.82) is 0 Å². The van der Waals surface area contributed by atoms with Gasteiger partial charge in [0, 0.05) is 13.0 Å². The molecular weight excluding hydrogens is 270 g/mol. The highest BCUT2D eigenvalue weighted by Gasteiger charge is 2.44. The van der Waals surface area contributed by atoms with Crippen molar-refractivity contribution in [3.8, 4) is 0 Å². The molecule has 0 aromatic heterocycles. The van der Waals surface area contributed by atoms with Gasteiger partial charge in [-0.25, -0.2) is 0 Å². The molecule has 0 saturated carbocycles. The molecular formula is C16H23NO4. The summed E-state index contributed by atoms with van der Waals surface area (Å²) >= 11 is 0. The Morgan fingerprint density at radius 2 is 2.05 bits per heavy atom. The minimum Gasteiger partial charge on any atom is -0.391 e. The van der Waals surface area contributed by atoms with E-state index in [2.05, 4.69) is 12.1 Å². The SMILES string of the molecule is CC1(C)OC[C@H]([C@H]2[C@@H](O)CCON2Cc2ccccc2)O1. The van der Waals surface area contributed by atoms with Gasteiger partial charge in [0.15, 0.2) is 5.79 Å². The smallest absolute Gasteiger partial charge is 0.163 e. The first kappa shape index (κ1) is 14.9. The minimum absolute atomic E-state index is 0.181. The van der Waals surface area contributed by atoms with Gasteiger partial charge >= 0.3 is 0 Å². The maximum atomic E-state index is 10.4. The molecule has 2 aliphatic heterocycles. The zero-order chi connectivity index (χ0) is 14.9. The number of hydrogen-bond acceptors (Lipinski definition) is 5. The van der Waals surface area contributed by atoms with E-state index in [9.17, 15) is 5.11 Å². The molecule has 2 aliphatic rings. The van der Waals surface area contributed by atoms with E-state index in [1.807, 2.05) is 37.1 Å². The normalized spacial score (nSPS) is 33.2. The first-order chi connectivity index (χ1) is 10.1. The van der Waals surface area contributed by atoms with Crippen LogP contribution in [0.15, 0.2) is 30.3 Å². The van der Waals surface area contributed by atoms with E-state index in [-0.39, 0.29) is 12.1 Å². The topological polar surface area (TPSA) is 51.2 Å². The van der Waals surface area contributed by atoms with E-state index in [4.69, 9.17) is 14.3 Å². The van der Waals surface area contributed by atoms with Gasteiger partial charge in [0.1, 0.15) is 6.10 Å². The molecule has 0 amide bonds. The third-order valence-electron chi connectivity index (χ3n) is 3.99. The predicted octanol–water partition coefficient (Wildman–Crippen LogP) is 1.70. The van der Waals surface area contributed by atoms with Gasteiger partial charge in [0.05, 0.1) is 25.4 Å². The van der Waals surface area contributed by atoms with Crippen LogP contribution in [0.25, 0.3) is 0 Å². The number of hydroxylamine groups is 2. The first-order valence-electron chi connectivity index (χ1n) is 7.48. The molecule has 5 nitrogen and oxygen atoms in total. The number of aliphatic hydroxyl groups excluding tert-OH is 1. The van der Waals surface area contributed by atoms with Crippen molar-refractivity contribution in [2.24, 2.45) is 0 Å². The molecule has 3 rings (SSSR count). The maximum Gasteiger partial charge on any atom is 0.163 e. The lowest BCUT2D eigenvalue weighted by Gasteiger charge is -2.40. The molecule has 1 N–H and O–H groups in total. The molecule has 5 heteroatoms. The molecule has 3 atom stereocenters. The van der Waals surface area contributed by atoms with Crippen LogP contribution in [-0.2, 0) is 20.9 Å². The molecule has 2 fully saturated rings. The van der Waals surface area contributed by atoms with Crippen LogP contribution in [0.1, 0.15) is 25.8 Å². The summed E-state index contributed by atoms with van der Waals surface area (Å²) in [5.41, 5.74) is 1.15. The van der Waals surface area contributed by atoms with E-state index >= 15 is 0 Å². The fourth-order valence-corrected chi connectivity index (χ4v) is 2.97. The largest absolute Gasteiger partial charge is 0.391 e. The van der Waals surface area contributed by atoms with Gasteiger partial charge < -0.3 is 14.6 Å². The van der Waals surface area contributed by atoms with Gasteiger partial charge in [0.25, 0.3) is 0 Å². The Balaban J connectivity index is 1.74. The van der Waals surface area contributed by atoms with Gasteiger partial charge in [-0.2, -0.15) is 5.06 Å². The van der Waals surface area contributed by atoms with E-state index in [1.165, 1.54) is 0 Å². The number of hydrogen-bond donors (Lipinski definition) is 1. The van der Waals surface area contributed by atoms with E-state index in [0.29, 0.717) is 26.2 Å². The second-order valence-corrected chi connectivity index (χ2v) is 6.11. The van der Waals surface area contributed by atoms with Crippen LogP contribution in [0.3, 0.4) is 0 Å². The minimum atomic E-state index is -0.597. The van der Waals surface area contributed by atoms with Gasteiger partial charge in [-0.05, 0) is 19.4 Å². The standard InChI is InChI=1S/C16H23NO4/c1-16(2)19-11-14(21-16)15-13(18)8-9-20-17(15)10-12-6-4-3-5-7-12/h3-7,13-15,18H,8-11H2,1-2H3/t13-,14+,15+/m0/s1. The molecule has 0 aliphatic carbocycles. The lowest BCUT2D eigenvalue weighted by Crippen LogP contribution is -2.55. The maximum absolute atomic E-state index is 10.4. The summed E-state index contributed by atoms with van der Waals surface area (Å²) in [6.07, 6.45) is -0.0278. The van der Waals surface area contributed by atoms with E-state index in [0.717, 1.165) is 5.56 Å². The Labute approximate surface area is 125 Å². The number of ether oxygens (including phenoxy) is 2. The zero-order valence-electron chi connectivity index (χ0n) is 12.6. The predicted molar refractivity (Wildman–Crippen MR) is 77.3 cm³/mol. The molecule has 1 aromatic rings. The number of nitrogens with zero attached hydrogens (tertiary/aromatic N) is 1. The van der Waals surface area contributed by atoms with E-state index in [1.54, 1.807) is 0 Å². The third-order valence-corrected chi connectivity index (χ3v) is 3.99. The molecule has 0 radical (unpaired) electrons. The Morgan fingerprint density at radius 1 is 1.29 bits per heavy atom. The molecule has 116 valence electrons. The third kappa shape index (κ3) is 3.44. The highest BCUT2D eigenvalue weighted by molar-refractivity contribution is 5.14. The molecule has 21 heavy (non-hydrogen) atoms. The van der Waals surface area contributed by atoms with Crippen LogP contribution >= 0.6 is 0 Å². The van der Waals surface area contributed by atoms with Crippen LogP contribution in [-0.4, -0.2) is 47.4 Å². The van der Waals surface area contributed by atoms with Crippen molar-refractivity contribution in [1.82, 2.24) is 5.06 Å². The number of benzene rings is 1. The lowest BCUT2D eigenvalue weighted by molar-refractivity contribution is -0.270. The summed E-state index contributed by atoms with van der Waals surface area (Å²) < 4.78 is 11.6. The molecule has 2 saturated heterocycles. The van der Waals surface area contributed by atoms with Crippen LogP contribution in [0.4, 0.5) is 0 Å². The van der Waals surface area contributed by atoms with Gasteiger partial charge in [-0.3, -0.25) is 4.84 Å². The van der Waals surface area contributed by atoms with Crippen LogP contribution in [0.2, 0.25) is 0 Å². The fraction of sp³-hybridized carbons (Fsp3) is 0.625. The van der Waals surface area contributed by atoms with Crippen molar-refractivity contribution in [3.63, 3.8) is 0 Å². The molecule has 2 heterocycles. The highest BCUT2D eigenvalue weighted by Crippen LogP contribution is 2.31. The lowest BCUT2D eigenvalue weighted by atomic mass is 10.0. The highest BCUT2D eigenvalue weighted by atomic mass is 16.7. The average molecular weight is 293 g/mol. The summed E-state index contributed by atoms with van der Waals surface area (Å²) in [6, 6.07) is 9.89. The summed E-state index contributed by atoms with van der Waals surface area (Å²) in [6.45, 7) is 5.42. The second-order valence-electron chi connectivity index (χ2n) is 6.11.